The summed E-state index contributed by atoms with van der Waals surface area (Å²) >= 11 is 1.34. The standard InChI is InChI=1S/C14H18N2O4S/c17-12(16-10-4-1-3-9(10)14(19)20)6-7-15-13(18)11-5-2-8-21-11/h2,5,8-10H,1,3-4,6-7H2,(H,15,18)(H,16,17)(H,19,20)/t9-,10+/m1/s1. The first-order valence-corrected chi connectivity index (χ1v) is 7.80. The van der Waals surface area contributed by atoms with E-state index >= 15 is 0 Å². The number of carboxylic acids is 1. The van der Waals surface area contributed by atoms with Gasteiger partial charge in [0.05, 0.1) is 10.8 Å². The van der Waals surface area contributed by atoms with Crippen molar-refractivity contribution in [3.63, 3.8) is 0 Å². The lowest BCUT2D eigenvalue weighted by Crippen LogP contribution is -2.41. The molecule has 1 aliphatic rings. The van der Waals surface area contributed by atoms with Crippen LogP contribution in [0.4, 0.5) is 0 Å². The Morgan fingerprint density at radius 3 is 2.81 bits per heavy atom. The Bertz CT molecular complexity index is 515. The largest absolute Gasteiger partial charge is 0.481 e. The van der Waals surface area contributed by atoms with Crippen LogP contribution in [0.5, 0.6) is 0 Å². The summed E-state index contributed by atoms with van der Waals surface area (Å²) in [6, 6.07) is 3.22. The third-order valence-corrected chi connectivity index (χ3v) is 4.43. The third kappa shape index (κ3) is 4.29. The fourth-order valence-electron chi connectivity index (χ4n) is 2.49. The number of hydrogen-bond donors (Lipinski definition) is 3. The van der Waals surface area contributed by atoms with Crippen molar-refractivity contribution in [1.29, 1.82) is 0 Å². The number of carbonyl (C=O) groups is 3. The van der Waals surface area contributed by atoms with E-state index in [4.69, 9.17) is 5.11 Å². The zero-order valence-corrected chi connectivity index (χ0v) is 12.3. The highest BCUT2D eigenvalue weighted by molar-refractivity contribution is 7.12. The molecule has 2 rings (SSSR count). The van der Waals surface area contributed by atoms with E-state index in [1.54, 1.807) is 12.1 Å². The molecule has 1 aromatic rings. The van der Waals surface area contributed by atoms with Gasteiger partial charge in [0, 0.05) is 19.0 Å². The minimum atomic E-state index is -0.858. The van der Waals surface area contributed by atoms with E-state index in [-0.39, 0.29) is 30.8 Å². The predicted octanol–water partition coefficient (Wildman–Crippen LogP) is 1.24. The molecule has 0 aliphatic heterocycles. The van der Waals surface area contributed by atoms with Gasteiger partial charge in [-0.2, -0.15) is 0 Å². The molecule has 2 atom stereocenters. The zero-order valence-electron chi connectivity index (χ0n) is 11.5. The molecule has 1 aliphatic carbocycles. The first kappa shape index (κ1) is 15.5. The van der Waals surface area contributed by atoms with Gasteiger partial charge in [0.2, 0.25) is 5.91 Å². The summed E-state index contributed by atoms with van der Waals surface area (Å²) in [5.74, 6) is -1.76. The summed E-state index contributed by atoms with van der Waals surface area (Å²) in [5.41, 5.74) is 0. The molecule has 1 heterocycles. The number of thiophene rings is 1. The molecule has 0 unspecified atom stereocenters. The molecule has 114 valence electrons. The van der Waals surface area contributed by atoms with Crippen molar-refractivity contribution in [3.8, 4) is 0 Å². The smallest absolute Gasteiger partial charge is 0.308 e. The van der Waals surface area contributed by atoms with E-state index in [1.807, 2.05) is 5.38 Å². The molecule has 0 spiro atoms. The Kier molecular flexibility index (Phi) is 5.32. The van der Waals surface area contributed by atoms with Crippen molar-refractivity contribution < 1.29 is 19.5 Å². The summed E-state index contributed by atoms with van der Waals surface area (Å²) in [7, 11) is 0. The van der Waals surface area contributed by atoms with Gasteiger partial charge in [0.25, 0.3) is 5.91 Å². The fourth-order valence-corrected chi connectivity index (χ4v) is 3.13. The maximum absolute atomic E-state index is 11.8. The lowest BCUT2D eigenvalue weighted by atomic mass is 10.0. The quantitative estimate of drug-likeness (QED) is 0.736. The van der Waals surface area contributed by atoms with Gasteiger partial charge in [-0.15, -0.1) is 11.3 Å². The second-order valence-electron chi connectivity index (χ2n) is 5.03. The van der Waals surface area contributed by atoms with Crippen LogP contribution in [0.25, 0.3) is 0 Å². The molecule has 0 aromatic carbocycles. The van der Waals surface area contributed by atoms with E-state index in [1.165, 1.54) is 11.3 Å². The second kappa shape index (κ2) is 7.21. The van der Waals surface area contributed by atoms with Gasteiger partial charge in [-0.3, -0.25) is 14.4 Å². The van der Waals surface area contributed by atoms with Crippen LogP contribution in [-0.4, -0.2) is 35.5 Å². The minimum absolute atomic E-state index is 0.153. The topological polar surface area (TPSA) is 95.5 Å². The Morgan fingerprint density at radius 2 is 2.14 bits per heavy atom. The Labute approximate surface area is 126 Å². The van der Waals surface area contributed by atoms with Gasteiger partial charge in [-0.1, -0.05) is 12.5 Å². The highest BCUT2D eigenvalue weighted by atomic mass is 32.1. The number of nitrogens with one attached hydrogen (secondary N) is 2. The molecule has 21 heavy (non-hydrogen) atoms. The van der Waals surface area contributed by atoms with Crippen molar-refractivity contribution in [2.75, 3.05) is 6.54 Å². The van der Waals surface area contributed by atoms with Crippen molar-refractivity contribution in [2.45, 2.75) is 31.7 Å². The van der Waals surface area contributed by atoms with Gasteiger partial charge in [-0.05, 0) is 24.3 Å². The van der Waals surface area contributed by atoms with Crippen LogP contribution < -0.4 is 10.6 Å². The average Bonchev–Trinajstić information content (AvgIpc) is 3.09. The maximum atomic E-state index is 11.8. The first-order valence-electron chi connectivity index (χ1n) is 6.92. The molecule has 1 saturated carbocycles. The van der Waals surface area contributed by atoms with Gasteiger partial charge >= 0.3 is 5.97 Å². The number of aliphatic carboxylic acids is 1. The average molecular weight is 310 g/mol. The van der Waals surface area contributed by atoms with Crippen LogP contribution in [0.15, 0.2) is 17.5 Å². The highest BCUT2D eigenvalue weighted by Crippen LogP contribution is 2.25. The molecule has 0 saturated heterocycles. The molecule has 7 heteroatoms. The van der Waals surface area contributed by atoms with E-state index in [9.17, 15) is 14.4 Å². The van der Waals surface area contributed by atoms with E-state index in [0.29, 0.717) is 17.7 Å². The van der Waals surface area contributed by atoms with Crippen molar-refractivity contribution >= 4 is 29.1 Å². The number of amides is 2. The minimum Gasteiger partial charge on any atom is -0.481 e. The molecule has 1 aromatic heterocycles. The monoisotopic (exact) mass is 310 g/mol. The molecule has 3 N–H and O–H groups in total. The Morgan fingerprint density at radius 1 is 1.33 bits per heavy atom. The SMILES string of the molecule is O=C(CCNC(=O)c1cccs1)N[C@H]1CCC[C@H]1C(=O)O. The number of carbonyl (C=O) groups excluding carboxylic acids is 2. The van der Waals surface area contributed by atoms with Gasteiger partial charge in [0.1, 0.15) is 0 Å². The summed E-state index contributed by atoms with van der Waals surface area (Å²) in [6.45, 7) is 0.243. The van der Waals surface area contributed by atoms with Crippen molar-refractivity contribution in [2.24, 2.45) is 5.92 Å². The summed E-state index contributed by atoms with van der Waals surface area (Å²) in [6.07, 6.45) is 2.27. The van der Waals surface area contributed by atoms with E-state index < -0.39 is 11.9 Å². The Hall–Kier alpha value is -1.89. The van der Waals surface area contributed by atoms with Crippen LogP contribution in [0.2, 0.25) is 0 Å². The zero-order chi connectivity index (χ0) is 15.2. The lowest BCUT2D eigenvalue weighted by molar-refractivity contribution is -0.142. The molecule has 0 bridgehead atoms. The van der Waals surface area contributed by atoms with Crippen molar-refractivity contribution in [3.05, 3.63) is 22.4 Å². The van der Waals surface area contributed by atoms with E-state index in [2.05, 4.69) is 10.6 Å². The Balaban J connectivity index is 1.70. The number of hydrogen-bond acceptors (Lipinski definition) is 4. The van der Waals surface area contributed by atoms with Crippen LogP contribution in [0, 0.1) is 5.92 Å². The van der Waals surface area contributed by atoms with E-state index in [0.717, 1.165) is 6.42 Å². The molecule has 6 nitrogen and oxygen atoms in total. The summed E-state index contributed by atoms with van der Waals surface area (Å²) < 4.78 is 0. The normalized spacial score (nSPS) is 21.0. The van der Waals surface area contributed by atoms with Crippen LogP contribution in [0.3, 0.4) is 0 Å². The molecule has 2 amide bonds. The third-order valence-electron chi connectivity index (χ3n) is 3.56. The van der Waals surface area contributed by atoms with Gasteiger partial charge < -0.3 is 15.7 Å². The number of rotatable bonds is 6. The maximum Gasteiger partial charge on any atom is 0.308 e. The molecule has 1 fully saturated rings. The first-order chi connectivity index (χ1) is 10.1. The molecular weight excluding hydrogens is 292 g/mol. The fraction of sp³-hybridized carbons (Fsp3) is 0.500. The van der Waals surface area contributed by atoms with Crippen LogP contribution >= 0.6 is 11.3 Å². The summed E-state index contributed by atoms with van der Waals surface area (Å²) in [4.78, 5) is 35.1. The lowest BCUT2D eigenvalue weighted by Gasteiger charge is -2.17. The van der Waals surface area contributed by atoms with Crippen molar-refractivity contribution in [1.82, 2.24) is 10.6 Å². The van der Waals surface area contributed by atoms with Crippen LogP contribution in [-0.2, 0) is 9.59 Å². The summed E-state index contributed by atoms with van der Waals surface area (Å²) in [5, 5.41) is 16.3. The predicted molar refractivity (Wildman–Crippen MR) is 78.2 cm³/mol. The van der Waals surface area contributed by atoms with Gasteiger partial charge in [-0.25, -0.2) is 0 Å². The molecular formula is C14H18N2O4S. The van der Waals surface area contributed by atoms with Gasteiger partial charge in [0.15, 0.2) is 0 Å². The number of carboxylic acid groups (broad SMARTS) is 1. The highest BCUT2D eigenvalue weighted by Gasteiger charge is 2.33. The van der Waals surface area contributed by atoms with Crippen LogP contribution in [0.1, 0.15) is 35.4 Å². The second-order valence-corrected chi connectivity index (χ2v) is 5.98. The molecule has 0 radical (unpaired) electrons.